The number of nitrogens with zero attached hydrogens (tertiary/aromatic N) is 2. The number of amides is 1. The topological polar surface area (TPSA) is 57.3 Å². The fourth-order valence-electron chi connectivity index (χ4n) is 3.41. The van der Waals surface area contributed by atoms with Crippen LogP contribution in [-0.4, -0.2) is 22.0 Å². The summed E-state index contributed by atoms with van der Waals surface area (Å²) in [5.41, 5.74) is -0.570. The summed E-state index contributed by atoms with van der Waals surface area (Å²) < 4.78 is 81.7. The predicted octanol–water partition coefficient (Wildman–Crippen LogP) is 4.12. The summed E-state index contributed by atoms with van der Waals surface area (Å²) in [6, 6.07) is 3.01. The zero-order valence-corrected chi connectivity index (χ0v) is 16.0. The lowest BCUT2D eigenvalue weighted by Gasteiger charge is -2.26. The third kappa shape index (κ3) is 3.93. The smallest absolute Gasteiger partial charge is 0.355 e. The number of fused-ring (bicyclic) bond motifs is 1. The minimum atomic E-state index is -4.83. The van der Waals surface area contributed by atoms with E-state index in [4.69, 9.17) is 0 Å². The summed E-state index contributed by atoms with van der Waals surface area (Å²) in [6.45, 7) is 0. The number of nitrogens with one attached hydrogen (secondary N) is 2. The Balaban J connectivity index is 1.66. The molecule has 0 aliphatic carbocycles. The standard InChI is InChI=1S/C21H14F6N4O/c22-12-9-11(10-13(23)16(12)24)19-29-17(15-6-2-4-8-31(15)19)20(32)30-18(21(25,26)27)14-5-1-3-7-28-14/h1-10,18-19,29H,(H,30,32). The van der Waals surface area contributed by atoms with Gasteiger partial charge in [-0.1, -0.05) is 12.1 Å². The fraction of sp³-hybridized carbons (Fsp3) is 0.143. The van der Waals surface area contributed by atoms with Gasteiger partial charge in [0.2, 0.25) is 0 Å². The maximum atomic E-state index is 13.7. The molecule has 2 N–H and O–H groups in total. The third-order valence-corrected chi connectivity index (χ3v) is 4.84. The largest absolute Gasteiger partial charge is 0.414 e. The highest BCUT2D eigenvalue weighted by Crippen LogP contribution is 2.36. The number of halogens is 6. The van der Waals surface area contributed by atoms with Gasteiger partial charge >= 0.3 is 6.18 Å². The normalized spacial score (nSPS) is 18.4. The van der Waals surface area contributed by atoms with E-state index >= 15 is 0 Å². The van der Waals surface area contributed by atoms with Crippen LogP contribution in [0.1, 0.15) is 23.5 Å². The molecule has 0 saturated carbocycles. The van der Waals surface area contributed by atoms with Crippen LogP contribution in [0.2, 0.25) is 0 Å². The van der Waals surface area contributed by atoms with Crippen LogP contribution in [0, 0.1) is 17.5 Å². The molecule has 2 aliphatic heterocycles. The van der Waals surface area contributed by atoms with Crippen LogP contribution in [0.3, 0.4) is 0 Å². The Bertz CT molecular complexity index is 1120. The quantitative estimate of drug-likeness (QED) is 0.542. The van der Waals surface area contributed by atoms with Gasteiger partial charge in [-0.3, -0.25) is 9.78 Å². The van der Waals surface area contributed by atoms with Crippen LogP contribution >= 0.6 is 0 Å². The fourth-order valence-corrected chi connectivity index (χ4v) is 3.41. The number of hydrogen-bond donors (Lipinski definition) is 2. The Morgan fingerprint density at radius 2 is 1.84 bits per heavy atom. The molecule has 0 fully saturated rings. The number of pyridine rings is 1. The minimum absolute atomic E-state index is 0.0706. The SMILES string of the molecule is O=C(NC(c1ccccn1)C(F)(F)F)C1=C2C=CC=CN2C(c2cc(F)c(F)c(F)c2)N1. The molecule has 4 rings (SSSR count). The van der Waals surface area contributed by atoms with Gasteiger partial charge in [0.15, 0.2) is 23.5 Å². The van der Waals surface area contributed by atoms with Crippen molar-refractivity contribution in [2.45, 2.75) is 18.4 Å². The van der Waals surface area contributed by atoms with Crippen molar-refractivity contribution in [3.63, 3.8) is 0 Å². The first kappa shape index (κ1) is 21.5. The van der Waals surface area contributed by atoms with Crippen LogP contribution in [0.25, 0.3) is 0 Å². The van der Waals surface area contributed by atoms with E-state index in [1.165, 1.54) is 41.6 Å². The molecule has 0 bridgehead atoms. The van der Waals surface area contributed by atoms with Crippen LogP contribution in [-0.2, 0) is 4.79 Å². The summed E-state index contributed by atoms with van der Waals surface area (Å²) in [5, 5.41) is 4.59. The van der Waals surface area contributed by atoms with Crippen molar-refractivity contribution < 1.29 is 31.1 Å². The van der Waals surface area contributed by atoms with Gasteiger partial charge in [-0.2, -0.15) is 13.2 Å². The highest BCUT2D eigenvalue weighted by atomic mass is 19.4. The van der Waals surface area contributed by atoms with Crippen LogP contribution < -0.4 is 10.6 Å². The molecular formula is C21H14F6N4O. The molecule has 11 heteroatoms. The molecule has 3 heterocycles. The average Bonchev–Trinajstić information content (AvgIpc) is 3.15. The second-order valence-corrected chi connectivity index (χ2v) is 6.92. The van der Waals surface area contributed by atoms with E-state index in [2.05, 4.69) is 10.3 Å². The molecule has 1 aromatic carbocycles. The lowest BCUT2D eigenvalue weighted by molar-refractivity contribution is -0.163. The third-order valence-electron chi connectivity index (χ3n) is 4.84. The maximum Gasteiger partial charge on any atom is 0.414 e. The monoisotopic (exact) mass is 452 g/mol. The summed E-state index contributed by atoms with van der Waals surface area (Å²) in [4.78, 5) is 17.9. The summed E-state index contributed by atoms with van der Waals surface area (Å²) in [7, 11) is 0. The van der Waals surface area contributed by atoms with Crippen molar-refractivity contribution >= 4 is 5.91 Å². The van der Waals surface area contributed by atoms with Crippen molar-refractivity contribution in [3.8, 4) is 0 Å². The van der Waals surface area contributed by atoms with E-state index in [-0.39, 0.29) is 17.0 Å². The second-order valence-electron chi connectivity index (χ2n) is 6.92. The number of allylic oxidation sites excluding steroid dienone is 3. The van der Waals surface area contributed by atoms with Crippen molar-refractivity contribution in [1.29, 1.82) is 0 Å². The number of benzene rings is 1. The van der Waals surface area contributed by atoms with Gasteiger partial charge in [0.25, 0.3) is 5.91 Å². The first-order valence-electron chi connectivity index (χ1n) is 9.24. The van der Waals surface area contributed by atoms with E-state index in [0.29, 0.717) is 0 Å². The lowest BCUT2D eigenvalue weighted by atomic mass is 10.1. The summed E-state index contributed by atoms with van der Waals surface area (Å²) in [5.74, 6) is -5.64. The minimum Gasteiger partial charge on any atom is -0.355 e. The van der Waals surface area contributed by atoms with Gasteiger partial charge in [-0.15, -0.1) is 0 Å². The summed E-state index contributed by atoms with van der Waals surface area (Å²) >= 11 is 0. The number of carbonyl (C=O) groups excluding carboxylic acids is 1. The molecule has 166 valence electrons. The van der Waals surface area contributed by atoms with Gasteiger partial charge in [0.05, 0.1) is 11.4 Å². The van der Waals surface area contributed by atoms with Crippen LogP contribution in [0.5, 0.6) is 0 Å². The van der Waals surface area contributed by atoms with Crippen molar-refractivity contribution in [1.82, 2.24) is 20.5 Å². The van der Waals surface area contributed by atoms with Crippen molar-refractivity contribution in [3.05, 3.63) is 101 Å². The number of alkyl halides is 3. The molecule has 1 amide bonds. The molecule has 2 unspecified atom stereocenters. The Morgan fingerprint density at radius 1 is 1.12 bits per heavy atom. The number of carbonyl (C=O) groups is 1. The van der Waals surface area contributed by atoms with E-state index < -0.39 is 47.4 Å². The lowest BCUT2D eigenvalue weighted by Crippen LogP contribution is -2.41. The molecule has 32 heavy (non-hydrogen) atoms. The highest BCUT2D eigenvalue weighted by Gasteiger charge is 2.44. The Hall–Kier alpha value is -3.76. The molecule has 2 atom stereocenters. The van der Waals surface area contributed by atoms with Crippen LogP contribution in [0.4, 0.5) is 26.3 Å². The Morgan fingerprint density at radius 3 is 2.47 bits per heavy atom. The molecule has 2 aliphatic rings. The number of hydrogen-bond acceptors (Lipinski definition) is 4. The molecule has 0 saturated heterocycles. The highest BCUT2D eigenvalue weighted by molar-refractivity contribution is 5.95. The molecule has 1 aromatic heterocycles. The molecule has 2 aromatic rings. The van der Waals surface area contributed by atoms with Gasteiger partial charge in [0, 0.05) is 18.0 Å². The Kier molecular flexibility index (Phi) is 5.41. The van der Waals surface area contributed by atoms with Gasteiger partial charge in [-0.25, -0.2) is 13.2 Å². The predicted molar refractivity (Wildman–Crippen MR) is 101 cm³/mol. The second kappa shape index (κ2) is 8.06. The maximum absolute atomic E-state index is 13.7. The first-order chi connectivity index (χ1) is 15.2. The van der Waals surface area contributed by atoms with Crippen molar-refractivity contribution in [2.24, 2.45) is 0 Å². The molecule has 0 spiro atoms. The van der Waals surface area contributed by atoms with E-state index in [1.807, 2.05) is 5.32 Å². The van der Waals surface area contributed by atoms with E-state index in [1.54, 1.807) is 6.08 Å². The summed E-state index contributed by atoms with van der Waals surface area (Å²) in [6.07, 6.45) is 1.28. The number of rotatable bonds is 4. The van der Waals surface area contributed by atoms with Gasteiger partial charge in [-0.05, 0) is 36.4 Å². The number of aromatic nitrogens is 1. The first-order valence-corrected chi connectivity index (χ1v) is 9.24. The zero-order valence-electron chi connectivity index (χ0n) is 16.0. The average molecular weight is 452 g/mol. The van der Waals surface area contributed by atoms with Crippen molar-refractivity contribution in [2.75, 3.05) is 0 Å². The Labute approximate surface area is 177 Å². The van der Waals surface area contributed by atoms with E-state index in [9.17, 15) is 31.1 Å². The van der Waals surface area contributed by atoms with Crippen LogP contribution in [0.15, 0.2) is 72.4 Å². The molecular weight excluding hydrogens is 438 g/mol. The molecule has 0 radical (unpaired) electrons. The zero-order chi connectivity index (χ0) is 23.0. The van der Waals surface area contributed by atoms with Gasteiger partial charge in [0.1, 0.15) is 11.9 Å². The van der Waals surface area contributed by atoms with E-state index in [0.717, 1.165) is 18.2 Å². The molecule has 5 nitrogen and oxygen atoms in total. The van der Waals surface area contributed by atoms with Gasteiger partial charge < -0.3 is 15.5 Å².